The molecule has 0 saturated heterocycles. The van der Waals surface area contributed by atoms with E-state index in [4.69, 9.17) is 17.3 Å². The predicted octanol–water partition coefficient (Wildman–Crippen LogP) is 3.83. The van der Waals surface area contributed by atoms with Crippen LogP contribution in [0, 0.1) is 5.92 Å². The number of rotatable bonds is 4. The van der Waals surface area contributed by atoms with E-state index >= 15 is 0 Å². The fourth-order valence-electron chi connectivity index (χ4n) is 2.49. The monoisotopic (exact) mass is 266 g/mol. The summed E-state index contributed by atoms with van der Waals surface area (Å²) in [5, 5.41) is 3.42. The number of carbonyl (C=O) groups is 1. The molecule has 2 rings (SSSR count). The van der Waals surface area contributed by atoms with Crippen molar-refractivity contribution < 1.29 is 4.79 Å². The fourth-order valence-corrected chi connectivity index (χ4v) is 2.67. The largest absolute Gasteiger partial charge is 0.397 e. The smallest absolute Gasteiger partial charge is 0.224 e. The predicted molar refractivity (Wildman–Crippen MR) is 75.7 cm³/mol. The van der Waals surface area contributed by atoms with Gasteiger partial charge in [-0.05, 0) is 30.5 Å². The Hall–Kier alpha value is -1.22. The van der Waals surface area contributed by atoms with Crippen LogP contribution < -0.4 is 11.1 Å². The third-order valence-electron chi connectivity index (χ3n) is 3.54. The van der Waals surface area contributed by atoms with Crippen LogP contribution in [0.5, 0.6) is 0 Å². The van der Waals surface area contributed by atoms with Crippen LogP contribution in [0.2, 0.25) is 5.02 Å². The summed E-state index contributed by atoms with van der Waals surface area (Å²) < 4.78 is 0. The van der Waals surface area contributed by atoms with Crippen molar-refractivity contribution in [1.29, 1.82) is 0 Å². The Balaban J connectivity index is 1.82. The van der Waals surface area contributed by atoms with Crippen molar-refractivity contribution in [2.24, 2.45) is 5.92 Å². The SMILES string of the molecule is Nc1cc(Cl)ccc1NC(=O)CCC1CCCC1. The second kappa shape index (κ2) is 6.10. The molecule has 0 aliphatic heterocycles. The molecule has 4 heteroatoms. The fraction of sp³-hybridized carbons (Fsp3) is 0.500. The van der Waals surface area contributed by atoms with Crippen LogP contribution >= 0.6 is 11.6 Å². The Bertz CT molecular complexity index is 428. The molecule has 0 heterocycles. The van der Waals surface area contributed by atoms with E-state index in [1.54, 1.807) is 18.2 Å². The summed E-state index contributed by atoms with van der Waals surface area (Å²) in [5.41, 5.74) is 6.95. The first-order valence-electron chi connectivity index (χ1n) is 6.50. The summed E-state index contributed by atoms with van der Waals surface area (Å²) in [6.45, 7) is 0. The molecular formula is C14H19ClN2O. The molecular weight excluding hydrogens is 248 g/mol. The van der Waals surface area contributed by atoms with Crippen LogP contribution in [0.4, 0.5) is 11.4 Å². The summed E-state index contributed by atoms with van der Waals surface area (Å²) in [6.07, 6.45) is 6.74. The van der Waals surface area contributed by atoms with Gasteiger partial charge < -0.3 is 11.1 Å². The molecule has 3 nitrogen and oxygen atoms in total. The van der Waals surface area contributed by atoms with Crippen LogP contribution in [0.25, 0.3) is 0 Å². The topological polar surface area (TPSA) is 55.1 Å². The highest BCUT2D eigenvalue weighted by Crippen LogP contribution is 2.29. The van der Waals surface area contributed by atoms with E-state index in [0.29, 0.717) is 22.8 Å². The summed E-state index contributed by atoms with van der Waals surface area (Å²) >= 11 is 5.81. The molecule has 0 spiro atoms. The Morgan fingerprint density at radius 3 is 2.78 bits per heavy atom. The second-order valence-electron chi connectivity index (χ2n) is 4.97. The first kappa shape index (κ1) is 13.2. The number of benzene rings is 1. The molecule has 1 saturated carbocycles. The average Bonchev–Trinajstić information content (AvgIpc) is 2.83. The van der Waals surface area contributed by atoms with Gasteiger partial charge in [0.15, 0.2) is 0 Å². The molecule has 18 heavy (non-hydrogen) atoms. The number of carbonyl (C=O) groups excluding carboxylic acids is 1. The van der Waals surface area contributed by atoms with Gasteiger partial charge in [0, 0.05) is 11.4 Å². The van der Waals surface area contributed by atoms with Gasteiger partial charge in [-0.2, -0.15) is 0 Å². The quantitative estimate of drug-likeness (QED) is 0.814. The molecule has 1 fully saturated rings. The van der Waals surface area contributed by atoms with E-state index in [2.05, 4.69) is 5.32 Å². The highest BCUT2D eigenvalue weighted by atomic mass is 35.5. The number of nitrogen functional groups attached to an aromatic ring is 1. The van der Waals surface area contributed by atoms with Crippen LogP contribution in [0.1, 0.15) is 38.5 Å². The van der Waals surface area contributed by atoms with Crippen molar-refractivity contribution >= 4 is 28.9 Å². The summed E-state index contributed by atoms with van der Waals surface area (Å²) in [6, 6.07) is 5.11. The van der Waals surface area contributed by atoms with Crippen molar-refractivity contribution in [2.75, 3.05) is 11.1 Å². The van der Waals surface area contributed by atoms with Crippen LogP contribution in [-0.4, -0.2) is 5.91 Å². The molecule has 0 unspecified atom stereocenters. The van der Waals surface area contributed by atoms with Gasteiger partial charge in [0.05, 0.1) is 11.4 Å². The molecule has 1 aromatic carbocycles. The van der Waals surface area contributed by atoms with E-state index < -0.39 is 0 Å². The molecule has 0 radical (unpaired) electrons. The number of hydrogen-bond donors (Lipinski definition) is 2. The van der Waals surface area contributed by atoms with Gasteiger partial charge in [0.25, 0.3) is 0 Å². The van der Waals surface area contributed by atoms with Crippen LogP contribution in [-0.2, 0) is 4.79 Å². The molecule has 1 amide bonds. The lowest BCUT2D eigenvalue weighted by molar-refractivity contribution is -0.116. The third kappa shape index (κ3) is 3.64. The lowest BCUT2D eigenvalue weighted by Gasteiger charge is -2.10. The number of hydrogen-bond acceptors (Lipinski definition) is 2. The molecule has 1 aliphatic carbocycles. The van der Waals surface area contributed by atoms with Crippen molar-refractivity contribution in [3.05, 3.63) is 23.2 Å². The van der Waals surface area contributed by atoms with E-state index in [9.17, 15) is 4.79 Å². The van der Waals surface area contributed by atoms with Crippen LogP contribution in [0.3, 0.4) is 0 Å². The maximum Gasteiger partial charge on any atom is 0.224 e. The minimum atomic E-state index is 0.0379. The number of halogens is 1. The highest BCUT2D eigenvalue weighted by molar-refractivity contribution is 6.31. The normalized spacial score (nSPS) is 15.8. The maximum absolute atomic E-state index is 11.8. The zero-order valence-electron chi connectivity index (χ0n) is 10.4. The first-order valence-corrected chi connectivity index (χ1v) is 6.88. The molecule has 0 atom stereocenters. The van der Waals surface area contributed by atoms with Crippen molar-refractivity contribution in [3.8, 4) is 0 Å². The molecule has 98 valence electrons. The average molecular weight is 267 g/mol. The van der Waals surface area contributed by atoms with Crippen molar-refractivity contribution in [1.82, 2.24) is 0 Å². The summed E-state index contributed by atoms with van der Waals surface area (Å²) in [4.78, 5) is 11.8. The van der Waals surface area contributed by atoms with Crippen molar-refractivity contribution in [2.45, 2.75) is 38.5 Å². The third-order valence-corrected chi connectivity index (χ3v) is 3.78. The van der Waals surface area contributed by atoms with Gasteiger partial charge in [0.1, 0.15) is 0 Å². The zero-order chi connectivity index (χ0) is 13.0. The highest BCUT2D eigenvalue weighted by Gasteiger charge is 2.16. The molecule has 1 aromatic rings. The van der Waals surface area contributed by atoms with Gasteiger partial charge in [-0.25, -0.2) is 0 Å². The van der Waals surface area contributed by atoms with E-state index in [1.165, 1.54) is 25.7 Å². The minimum absolute atomic E-state index is 0.0379. The molecule has 0 bridgehead atoms. The Morgan fingerprint density at radius 2 is 2.11 bits per heavy atom. The summed E-state index contributed by atoms with van der Waals surface area (Å²) in [5.74, 6) is 0.772. The second-order valence-corrected chi connectivity index (χ2v) is 5.41. The lowest BCUT2D eigenvalue weighted by Crippen LogP contribution is -2.13. The van der Waals surface area contributed by atoms with Gasteiger partial charge >= 0.3 is 0 Å². The molecule has 0 aromatic heterocycles. The van der Waals surface area contributed by atoms with E-state index in [0.717, 1.165) is 12.3 Å². The Labute approximate surface area is 113 Å². The minimum Gasteiger partial charge on any atom is -0.397 e. The maximum atomic E-state index is 11.8. The first-order chi connectivity index (χ1) is 8.65. The Morgan fingerprint density at radius 1 is 1.39 bits per heavy atom. The van der Waals surface area contributed by atoms with Gasteiger partial charge in [0.2, 0.25) is 5.91 Å². The van der Waals surface area contributed by atoms with Gasteiger partial charge in [-0.3, -0.25) is 4.79 Å². The van der Waals surface area contributed by atoms with E-state index in [-0.39, 0.29) is 5.91 Å². The van der Waals surface area contributed by atoms with Gasteiger partial charge in [-0.15, -0.1) is 0 Å². The zero-order valence-corrected chi connectivity index (χ0v) is 11.2. The van der Waals surface area contributed by atoms with Gasteiger partial charge in [-0.1, -0.05) is 37.3 Å². The number of nitrogens with one attached hydrogen (secondary N) is 1. The summed E-state index contributed by atoms with van der Waals surface area (Å²) in [7, 11) is 0. The number of amides is 1. The number of nitrogens with two attached hydrogens (primary N) is 1. The Kier molecular flexibility index (Phi) is 4.48. The standard InChI is InChI=1S/C14H19ClN2O/c15-11-6-7-13(12(16)9-11)17-14(18)8-5-10-3-1-2-4-10/h6-7,9-10H,1-5,8,16H2,(H,17,18). The number of anilines is 2. The van der Waals surface area contributed by atoms with Crippen LogP contribution in [0.15, 0.2) is 18.2 Å². The lowest BCUT2D eigenvalue weighted by atomic mass is 10.0. The molecule has 3 N–H and O–H groups in total. The van der Waals surface area contributed by atoms with Crippen molar-refractivity contribution in [3.63, 3.8) is 0 Å². The van der Waals surface area contributed by atoms with E-state index in [1.807, 2.05) is 0 Å². The molecule has 1 aliphatic rings.